The quantitative estimate of drug-likeness (QED) is 0.636. The summed E-state index contributed by atoms with van der Waals surface area (Å²) in [7, 11) is 1.22. The van der Waals surface area contributed by atoms with Gasteiger partial charge in [0.25, 0.3) is 0 Å². The van der Waals surface area contributed by atoms with Crippen molar-refractivity contribution in [3.8, 4) is 11.1 Å². The van der Waals surface area contributed by atoms with Crippen LogP contribution in [0.5, 0.6) is 0 Å². The van der Waals surface area contributed by atoms with Crippen molar-refractivity contribution in [3.63, 3.8) is 0 Å². The zero-order chi connectivity index (χ0) is 17.8. The molecule has 0 radical (unpaired) electrons. The molecule has 0 spiro atoms. The first-order valence-electron chi connectivity index (χ1n) is 7.39. The van der Waals surface area contributed by atoms with Crippen LogP contribution in [0.25, 0.3) is 11.1 Å². The Kier molecular flexibility index (Phi) is 5.31. The van der Waals surface area contributed by atoms with Gasteiger partial charge in [0.2, 0.25) is 0 Å². The van der Waals surface area contributed by atoms with E-state index < -0.39 is 11.8 Å². The summed E-state index contributed by atoms with van der Waals surface area (Å²) in [5.41, 5.74) is 2.32. The minimum absolute atomic E-state index is 0.0809. The second-order valence-electron chi connectivity index (χ2n) is 5.20. The Morgan fingerprint density at radius 2 is 2.08 bits per heavy atom. The molecule has 0 saturated heterocycles. The maximum absolute atomic E-state index is 14.1. The molecule has 3 rings (SSSR count). The van der Waals surface area contributed by atoms with Crippen LogP contribution in [0.2, 0.25) is 4.47 Å². The van der Waals surface area contributed by atoms with Crippen molar-refractivity contribution in [1.82, 2.24) is 4.98 Å². The highest BCUT2D eigenvalue weighted by atomic mass is 35.5. The third kappa shape index (κ3) is 4.15. The van der Waals surface area contributed by atoms with Gasteiger partial charge >= 0.3 is 5.97 Å². The summed E-state index contributed by atoms with van der Waals surface area (Å²) in [6.07, 6.45) is 1.73. The summed E-state index contributed by atoms with van der Waals surface area (Å²) >= 11 is 7.23. The predicted octanol–water partition coefficient (Wildman–Crippen LogP) is 5.00. The van der Waals surface area contributed by atoms with Crippen LogP contribution in [0, 0.1) is 5.82 Å². The Morgan fingerprint density at radius 1 is 1.28 bits per heavy atom. The molecule has 0 aliphatic carbocycles. The van der Waals surface area contributed by atoms with Crippen LogP contribution in [0.4, 0.5) is 10.1 Å². The molecule has 128 valence electrons. The van der Waals surface area contributed by atoms with Crippen LogP contribution in [-0.4, -0.2) is 18.1 Å². The topological polar surface area (TPSA) is 51.2 Å². The van der Waals surface area contributed by atoms with Gasteiger partial charge in [0.15, 0.2) is 4.47 Å². The lowest BCUT2D eigenvalue weighted by molar-refractivity contribution is 0.0595. The molecule has 0 amide bonds. The molecule has 25 heavy (non-hydrogen) atoms. The number of nitrogens with zero attached hydrogens (tertiary/aromatic N) is 1. The van der Waals surface area contributed by atoms with Gasteiger partial charge in [0.1, 0.15) is 5.82 Å². The lowest BCUT2D eigenvalue weighted by Gasteiger charge is -2.09. The third-order valence-corrected chi connectivity index (χ3v) is 4.68. The first-order chi connectivity index (χ1) is 12.1. The number of nitrogens with one attached hydrogen (secondary N) is 1. The first-order valence-corrected chi connectivity index (χ1v) is 8.58. The molecule has 4 nitrogen and oxygen atoms in total. The van der Waals surface area contributed by atoms with E-state index in [4.69, 9.17) is 11.6 Å². The van der Waals surface area contributed by atoms with Crippen molar-refractivity contribution < 1.29 is 13.9 Å². The normalized spacial score (nSPS) is 10.5. The molecule has 1 N–H and O–H groups in total. The molecular weight excluding hydrogens is 363 g/mol. The lowest BCUT2D eigenvalue weighted by Crippen LogP contribution is -2.04. The second kappa shape index (κ2) is 7.63. The number of carbonyl (C=O) groups excluding carboxylic acids is 1. The van der Waals surface area contributed by atoms with Gasteiger partial charge in [-0.2, -0.15) is 0 Å². The smallest absolute Gasteiger partial charge is 0.340 e. The van der Waals surface area contributed by atoms with E-state index in [2.05, 4.69) is 15.0 Å². The standard InChI is InChI=1S/C18H14ClFN2O2S/c1-24-17(23)15-6-5-12(8-16(15)20)11-3-2-4-13(7-11)21-9-14-10-22-18(19)25-14/h2-8,10,21H,9H2,1H3. The third-order valence-electron chi connectivity index (χ3n) is 3.56. The summed E-state index contributed by atoms with van der Waals surface area (Å²) in [4.78, 5) is 16.5. The molecule has 0 aliphatic heterocycles. The number of esters is 1. The fourth-order valence-corrected chi connectivity index (χ4v) is 3.25. The molecule has 0 fully saturated rings. The predicted molar refractivity (Wildman–Crippen MR) is 97.6 cm³/mol. The van der Waals surface area contributed by atoms with E-state index in [-0.39, 0.29) is 5.56 Å². The molecule has 3 aromatic rings. The average Bonchev–Trinajstić information content (AvgIpc) is 3.05. The van der Waals surface area contributed by atoms with Crippen LogP contribution >= 0.6 is 22.9 Å². The molecule has 1 aromatic heterocycles. The molecule has 1 heterocycles. The molecular formula is C18H14ClFN2O2S. The van der Waals surface area contributed by atoms with Gasteiger partial charge in [-0.1, -0.05) is 29.8 Å². The van der Waals surface area contributed by atoms with Crippen molar-refractivity contribution in [2.24, 2.45) is 0 Å². The van der Waals surface area contributed by atoms with Crippen molar-refractivity contribution in [1.29, 1.82) is 0 Å². The maximum atomic E-state index is 14.1. The number of carbonyl (C=O) groups is 1. The monoisotopic (exact) mass is 376 g/mol. The SMILES string of the molecule is COC(=O)c1ccc(-c2cccc(NCc3cnc(Cl)s3)c2)cc1F. The van der Waals surface area contributed by atoms with E-state index in [1.165, 1.54) is 30.6 Å². The van der Waals surface area contributed by atoms with Crippen LogP contribution in [0.3, 0.4) is 0 Å². The molecule has 0 aliphatic rings. The Labute approximate surface area is 153 Å². The van der Waals surface area contributed by atoms with Crippen molar-refractivity contribution >= 4 is 34.6 Å². The summed E-state index contributed by atoms with van der Waals surface area (Å²) < 4.78 is 19.2. The van der Waals surface area contributed by atoms with Crippen LogP contribution in [-0.2, 0) is 11.3 Å². The second-order valence-corrected chi connectivity index (χ2v) is 6.90. The van der Waals surface area contributed by atoms with E-state index in [1.807, 2.05) is 24.3 Å². The number of thiazole rings is 1. The Hall–Kier alpha value is -2.44. The van der Waals surface area contributed by atoms with Gasteiger partial charge < -0.3 is 10.1 Å². The Bertz CT molecular complexity index is 914. The number of methoxy groups -OCH3 is 1. The molecule has 2 aromatic carbocycles. The van der Waals surface area contributed by atoms with E-state index in [9.17, 15) is 9.18 Å². The highest BCUT2D eigenvalue weighted by Gasteiger charge is 2.13. The van der Waals surface area contributed by atoms with Crippen molar-refractivity contribution in [3.05, 3.63) is 69.4 Å². The van der Waals surface area contributed by atoms with Gasteiger partial charge in [0.05, 0.1) is 19.2 Å². The van der Waals surface area contributed by atoms with Gasteiger partial charge in [-0.3, -0.25) is 0 Å². The number of hydrogen-bond acceptors (Lipinski definition) is 5. The van der Waals surface area contributed by atoms with E-state index in [1.54, 1.807) is 12.3 Å². The molecule has 0 bridgehead atoms. The Morgan fingerprint density at radius 3 is 2.76 bits per heavy atom. The lowest BCUT2D eigenvalue weighted by atomic mass is 10.0. The van der Waals surface area contributed by atoms with E-state index in [0.717, 1.165) is 16.1 Å². The van der Waals surface area contributed by atoms with Gasteiger partial charge in [-0.15, -0.1) is 11.3 Å². The largest absolute Gasteiger partial charge is 0.465 e. The number of aromatic nitrogens is 1. The van der Waals surface area contributed by atoms with E-state index >= 15 is 0 Å². The van der Waals surface area contributed by atoms with Crippen molar-refractivity contribution in [2.45, 2.75) is 6.54 Å². The van der Waals surface area contributed by atoms with Crippen LogP contribution in [0.15, 0.2) is 48.7 Å². The zero-order valence-corrected chi connectivity index (χ0v) is 14.8. The molecule has 0 atom stereocenters. The fourth-order valence-electron chi connectivity index (χ4n) is 2.33. The van der Waals surface area contributed by atoms with E-state index in [0.29, 0.717) is 16.6 Å². The van der Waals surface area contributed by atoms with Crippen LogP contribution < -0.4 is 5.32 Å². The molecule has 0 unspecified atom stereocenters. The highest BCUT2D eigenvalue weighted by molar-refractivity contribution is 7.15. The first kappa shape index (κ1) is 17.4. The summed E-state index contributed by atoms with van der Waals surface area (Å²) in [5, 5.41) is 3.28. The molecule has 7 heteroatoms. The maximum Gasteiger partial charge on any atom is 0.340 e. The minimum Gasteiger partial charge on any atom is -0.465 e. The summed E-state index contributed by atoms with van der Waals surface area (Å²) in [6, 6.07) is 12.0. The van der Waals surface area contributed by atoms with Gasteiger partial charge in [-0.25, -0.2) is 14.2 Å². The van der Waals surface area contributed by atoms with Gasteiger partial charge in [0, 0.05) is 16.8 Å². The Balaban J connectivity index is 1.79. The summed E-state index contributed by atoms with van der Waals surface area (Å²) in [5.74, 6) is -1.30. The number of hydrogen-bond donors (Lipinski definition) is 1. The van der Waals surface area contributed by atoms with Gasteiger partial charge in [-0.05, 0) is 35.4 Å². The number of benzene rings is 2. The molecule has 0 saturated carbocycles. The highest BCUT2D eigenvalue weighted by Crippen LogP contribution is 2.26. The fraction of sp³-hybridized carbons (Fsp3) is 0.111. The number of rotatable bonds is 5. The zero-order valence-electron chi connectivity index (χ0n) is 13.3. The number of anilines is 1. The average molecular weight is 377 g/mol. The number of ether oxygens (including phenoxy) is 1. The number of halogens is 2. The van der Waals surface area contributed by atoms with Crippen LogP contribution in [0.1, 0.15) is 15.2 Å². The minimum atomic E-state index is -0.692. The summed E-state index contributed by atoms with van der Waals surface area (Å²) in [6.45, 7) is 0.601. The van der Waals surface area contributed by atoms with Crippen molar-refractivity contribution in [2.75, 3.05) is 12.4 Å².